The number of carbonyl (C=O) groups is 1. The number of amides is 1. The summed E-state index contributed by atoms with van der Waals surface area (Å²) in [5, 5.41) is 3.28. The zero-order chi connectivity index (χ0) is 18.3. The summed E-state index contributed by atoms with van der Waals surface area (Å²) < 4.78 is 41.9. The molecule has 0 bridgehead atoms. The van der Waals surface area contributed by atoms with E-state index < -0.39 is 12.7 Å². The molecule has 24 heavy (non-hydrogen) atoms. The van der Waals surface area contributed by atoms with Gasteiger partial charge >= 0.3 is 6.18 Å². The predicted octanol–water partition coefficient (Wildman–Crippen LogP) is 3.34. The summed E-state index contributed by atoms with van der Waals surface area (Å²) in [6.45, 7) is 3.12. The Bertz CT molecular complexity index is 542. The number of nitrogens with zero attached hydrogens (tertiary/aromatic N) is 1. The van der Waals surface area contributed by atoms with Crippen LogP contribution in [-0.2, 0) is 4.79 Å². The molecule has 0 fully saturated rings. The quantitative estimate of drug-likeness (QED) is 0.717. The maximum Gasteiger partial charge on any atom is 0.401 e. The molecule has 0 unspecified atom stereocenters. The van der Waals surface area contributed by atoms with Gasteiger partial charge in [0, 0.05) is 11.6 Å². The Morgan fingerprint density at radius 3 is 2.42 bits per heavy atom. The average molecular weight is 367 g/mol. The first-order valence-electron chi connectivity index (χ1n) is 7.50. The van der Waals surface area contributed by atoms with E-state index in [0.29, 0.717) is 23.7 Å². The lowest BCUT2D eigenvalue weighted by atomic mass is 10.1. The lowest BCUT2D eigenvalue weighted by molar-refractivity contribution is -0.143. The van der Waals surface area contributed by atoms with Gasteiger partial charge in [-0.05, 0) is 57.1 Å². The van der Waals surface area contributed by atoms with Gasteiger partial charge < -0.3 is 10.1 Å². The predicted molar refractivity (Wildman–Crippen MR) is 87.6 cm³/mol. The van der Waals surface area contributed by atoms with Gasteiger partial charge in [0.2, 0.25) is 0 Å². The lowest BCUT2D eigenvalue weighted by Crippen LogP contribution is -2.34. The smallest absolute Gasteiger partial charge is 0.401 e. The Morgan fingerprint density at radius 1 is 1.29 bits per heavy atom. The topological polar surface area (TPSA) is 41.6 Å². The van der Waals surface area contributed by atoms with Crippen molar-refractivity contribution in [2.45, 2.75) is 26.4 Å². The Labute approximate surface area is 144 Å². The summed E-state index contributed by atoms with van der Waals surface area (Å²) in [5.74, 6) is 0.230. The van der Waals surface area contributed by atoms with Gasteiger partial charge in [0.05, 0.1) is 6.54 Å². The molecule has 0 aliphatic heterocycles. The lowest BCUT2D eigenvalue weighted by Gasteiger charge is -2.18. The maximum atomic E-state index is 12.2. The molecule has 1 rings (SSSR count). The van der Waals surface area contributed by atoms with E-state index in [1.54, 1.807) is 12.1 Å². The fourth-order valence-corrected chi connectivity index (χ4v) is 2.26. The number of halogens is 4. The summed E-state index contributed by atoms with van der Waals surface area (Å²) in [6, 6.07) is 3.49. The van der Waals surface area contributed by atoms with Gasteiger partial charge in [-0.2, -0.15) is 13.2 Å². The highest BCUT2D eigenvalue weighted by atomic mass is 35.5. The summed E-state index contributed by atoms with van der Waals surface area (Å²) in [7, 11) is 1.39. The second kappa shape index (κ2) is 9.13. The van der Waals surface area contributed by atoms with Gasteiger partial charge in [0.25, 0.3) is 5.91 Å². The van der Waals surface area contributed by atoms with Crippen molar-refractivity contribution in [2.24, 2.45) is 0 Å². The van der Waals surface area contributed by atoms with Gasteiger partial charge in [-0.1, -0.05) is 11.6 Å². The first kappa shape index (κ1) is 20.6. The molecule has 1 amide bonds. The highest BCUT2D eigenvalue weighted by Gasteiger charge is 2.28. The molecule has 0 saturated heterocycles. The number of aryl methyl sites for hydroxylation is 2. The van der Waals surface area contributed by atoms with E-state index in [0.717, 1.165) is 11.1 Å². The van der Waals surface area contributed by atoms with Crippen LogP contribution in [0.5, 0.6) is 5.75 Å². The van der Waals surface area contributed by atoms with Crippen molar-refractivity contribution in [1.82, 2.24) is 10.2 Å². The standard InChI is InChI=1S/C16H22ClF3N2O2/c1-11-7-13(8-12(2)15(11)17)24-9-14(23)21-5-4-6-22(3)10-16(18,19)20/h7-8H,4-6,9-10H2,1-3H3,(H,21,23). The van der Waals surface area contributed by atoms with Crippen molar-refractivity contribution in [1.29, 1.82) is 0 Å². The monoisotopic (exact) mass is 366 g/mol. The zero-order valence-electron chi connectivity index (χ0n) is 14.0. The molecule has 0 aromatic heterocycles. The Balaban J connectivity index is 2.25. The highest BCUT2D eigenvalue weighted by molar-refractivity contribution is 6.32. The summed E-state index contributed by atoms with van der Waals surface area (Å²) in [4.78, 5) is 12.8. The van der Waals surface area contributed by atoms with Crippen LogP contribution in [0.4, 0.5) is 13.2 Å². The largest absolute Gasteiger partial charge is 0.484 e. The molecule has 0 heterocycles. The van der Waals surface area contributed by atoms with Crippen LogP contribution in [0.15, 0.2) is 12.1 Å². The molecular formula is C16H22ClF3N2O2. The molecule has 0 aliphatic carbocycles. The molecule has 0 atom stereocenters. The average Bonchev–Trinajstić information content (AvgIpc) is 2.45. The molecule has 1 N–H and O–H groups in total. The van der Waals surface area contributed by atoms with Crippen LogP contribution < -0.4 is 10.1 Å². The van der Waals surface area contributed by atoms with Crippen molar-refractivity contribution in [3.63, 3.8) is 0 Å². The minimum absolute atomic E-state index is 0.154. The van der Waals surface area contributed by atoms with Crippen molar-refractivity contribution < 1.29 is 22.7 Å². The van der Waals surface area contributed by atoms with E-state index in [1.165, 1.54) is 11.9 Å². The number of nitrogens with one attached hydrogen (secondary N) is 1. The highest BCUT2D eigenvalue weighted by Crippen LogP contribution is 2.25. The normalized spacial score (nSPS) is 11.7. The van der Waals surface area contributed by atoms with Crippen molar-refractivity contribution in [3.05, 3.63) is 28.3 Å². The minimum Gasteiger partial charge on any atom is -0.484 e. The van der Waals surface area contributed by atoms with Crippen LogP contribution in [0.1, 0.15) is 17.5 Å². The SMILES string of the molecule is Cc1cc(OCC(=O)NCCCN(C)CC(F)(F)F)cc(C)c1Cl. The first-order valence-corrected chi connectivity index (χ1v) is 7.88. The van der Waals surface area contributed by atoms with Gasteiger partial charge in [0.1, 0.15) is 5.75 Å². The molecular weight excluding hydrogens is 345 g/mol. The van der Waals surface area contributed by atoms with Crippen LogP contribution in [-0.4, -0.2) is 50.3 Å². The fourth-order valence-electron chi connectivity index (χ4n) is 2.15. The first-order chi connectivity index (χ1) is 11.1. The second-order valence-corrected chi connectivity index (χ2v) is 6.09. The van der Waals surface area contributed by atoms with Gasteiger partial charge in [-0.25, -0.2) is 0 Å². The van der Waals surface area contributed by atoms with E-state index >= 15 is 0 Å². The van der Waals surface area contributed by atoms with Gasteiger partial charge in [0.15, 0.2) is 6.61 Å². The maximum absolute atomic E-state index is 12.2. The molecule has 0 saturated carbocycles. The third-order valence-corrected chi connectivity index (χ3v) is 3.86. The number of alkyl halides is 3. The van der Waals surface area contributed by atoms with Crippen molar-refractivity contribution in [3.8, 4) is 5.75 Å². The number of hydrogen-bond acceptors (Lipinski definition) is 3. The molecule has 0 aliphatic rings. The van der Waals surface area contributed by atoms with Gasteiger partial charge in [-0.15, -0.1) is 0 Å². The van der Waals surface area contributed by atoms with Crippen LogP contribution in [0, 0.1) is 13.8 Å². The third kappa shape index (κ3) is 7.88. The molecule has 4 nitrogen and oxygen atoms in total. The van der Waals surface area contributed by atoms with Crippen molar-refractivity contribution >= 4 is 17.5 Å². The summed E-state index contributed by atoms with van der Waals surface area (Å²) in [6.07, 6.45) is -3.78. The van der Waals surface area contributed by atoms with Crippen LogP contribution in [0.3, 0.4) is 0 Å². The molecule has 8 heteroatoms. The zero-order valence-corrected chi connectivity index (χ0v) is 14.7. The van der Waals surface area contributed by atoms with Crippen molar-refractivity contribution in [2.75, 3.05) is 33.3 Å². The third-order valence-electron chi connectivity index (χ3n) is 3.27. The van der Waals surface area contributed by atoms with Crippen LogP contribution in [0.2, 0.25) is 5.02 Å². The van der Waals surface area contributed by atoms with E-state index in [2.05, 4.69) is 5.32 Å². The van der Waals surface area contributed by atoms with E-state index in [4.69, 9.17) is 16.3 Å². The van der Waals surface area contributed by atoms with Crippen LogP contribution in [0.25, 0.3) is 0 Å². The molecule has 1 aromatic rings. The molecule has 0 spiro atoms. The van der Waals surface area contributed by atoms with Crippen LogP contribution >= 0.6 is 11.6 Å². The Kier molecular flexibility index (Phi) is 7.83. The number of carbonyl (C=O) groups excluding carboxylic acids is 1. The fraction of sp³-hybridized carbons (Fsp3) is 0.562. The number of hydrogen-bond donors (Lipinski definition) is 1. The summed E-state index contributed by atoms with van der Waals surface area (Å²) >= 11 is 6.05. The Morgan fingerprint density at radius 2 is 1.88 bits per heavy atom. The number of rotatable bonds is 8. The molecule has 1 aromatic carbocycles. The Hall–Kier alpha value is -1.47. The number of ether oxygens (including phenoxy) is 1. The molecule has 136 valence electrons. The van der Waals surface area contributed by atoms with E-state index in [-0.39, 0.29) is 19.1 Å². The minimum atomic E-state index is -4.21. The summed E-state index contributed by atoms with van der Waals surface area (Å²) in [5.41, 5.74) is 1.72. The van der Waals surface area contributed by atoms with Gasteiger partial charge in [-0.3, -0.25) is 9.69 Å². The van der Waals surface area contributed by atoms with E-state index in [1.807, 2.05) is 13.8 Å². The molecule has 0 radical (unpaired) electrons. The van der Waals surface area contributed by atoms with E-state index in [9.17, 15) is 18.0 Å². The number of benzene rings is 1. The second-order valence-electron chi connectivity index (χ2n) is 5.72.